The molecule has 1 aromatic rings. The van der Waals surface area contributed by atoms with Crippen molar-refractivity contribution in [2.75, 3.05) is 6.54 Å². The van der Waals surface area contributed by atoms with Crippen LogP contribution in [0.15, 0.2) is 11.6 Å². The molecule has 5 atom stereocenters. The molecule has 3 fully saturated rings. The molecule has 0 radical (unpaired) electrons. The van der Waals surface area contributed by atoms with Crippen LogP contribution >= 0.6 is 11.3 Å². The first kappa shape index (κ1) is 12.3. The van der Waals surface area contributed by atoms with Gasteiger partial charge in [0.15, 0.2) is 0 Å². The van der Waals surface area contributed by atoms with Gasteiger partial charge in [-0.2, -0.15) is 0 Å². The summed E-state index contributed by atoms with van der Waals surface area (Å²) >= 11 is 1.82. The number of thiazole rings is 1. The van der Waals surface area contributed by atoms with Crippen molar-refractivity contribution in [3.63, 3.8) is 0 Å². The minimum atomic E-state index is 0.699. The Bertz CT molecular complexity index is 414. The van der Waals surface area contributed by atoms with E-state index in [2.05, 4.69) is 22.6 Å². The third-order valence-corrected chi connectivity index (χ3v) is 6.60. The predicted octanol–water partition coefficient (Wildman–Crippen LogP) is 3.35. The fourth-order valence-electron chi connectivity index (χ4n) is 5.15. The van der Waals surface area contributed by atoms with Crippen molar-refractivity contribution in [1.82, 2.24) is 10.3 Å². The van der Waals surface area contributed by atoms with Gasteiger partial charge in [-0.1, -0.05) is 6.92 Å². The molecule has 1 aromatic heterocycles. The van der Waals surface area contributed by atoms with Crippen LogP contribution in [0.2, 0.25) is 0 Å². The third-order valence-electron chi connectivity index (χ3n) is 5.79. The highest BCUT2D eigenvalue weighted by molar-refractivity contribution is 7.09. The van der Waals surface area contributed by atoms with Crippen molar-refractivity contribution < 1.29 is 0 Å². The largest absolute Gasteiger partial charge is 0.313 e. The maximum Gasteiger partial charge on any atom is 0.0940 e. The van der Waals surface area contributed by atoms with Crippen LogP contribution in [0.3, 0.4) is 0 Å². The van der Waals surface area contributed by atoms with Gasteiger partial charge in [0.2, 0.25) is 0 Å². The number of rotatable bonds is 6. The number of aromatic nitrogens is 1. The molecule has 3 saturated carbocycles. The van der Waals surface area contributed by atoms with Crippen LogP contribution in [-0.2, 0) is 6.42 Å². The zero-order valence-corrected chi connectivity index (χ0v) is 12.5. The molecule has 2 bridgehead atoms. The van der Waals surface area contributed by atoms with E-state index < -0.39 is 0 Å². The van der Waals surface area contributed by atoms with E-state index in [9.17, 15) is 0 Å². The van der Waals surface area contributed by atoms with Gasteiger partial charge < -0.3 is 5.32 Å². The molecule has 0 saturated heterocycles. The highest BCUT2D eigenvalue weighted by Gasteiger charge is 2.66. The van der Waals surface area contributed by atoms with Crippen LogP contribution in [0, 0.1) is 29.6 Å². The van der Waals surface area contributed by atoms with Gasteiger partial charge in [-0.05, 0) is 61.8 Å². The lowest BCUT2D eigenvalue weighted by Gasteiger charge is -2.21. The minimum Gasteiger partial charge on any atom is -0.313 e. The fourth-order valence-corrected chi connectivity index (χ4v) is 5.82. The molecule has 3 aliphatic rings. The lowest BCUT2D eigenvalue weighted by molar-refractivity contribution is 0.361. The predicted molar refractivity (Wildman–Crippen MR) is 79.2 cm³/mol. The van der Waals surface area contributed by atoms with Crippen molar-refractivity contribution in [3.8, 4) is 0 Å². The second-order valence-electron chi connectivity index (χ2n) is 6.76. The van der Waals surface area contributed by atoms with E-state index in [-0.39, 0.29) is 0 Å². The van der Waals surface area contributed by atoms with Gasteiger partial charge in [0, 0.05) is 24.0 Å². The van der Waals surface area contributed by atoms with Gasteiger partial charge in [0.25, 0.3) is 0 Å². The van der Waals surface area contributed by atoms with E-state index in [0.717, 1.165) is 36.0 Å². The van der Waals surface area contributed by atoms with Crippen molar-refractivity contribution in [2.24, 2.45) is 29.6 Å². The number of nitrogens with one attached hydrogen (secondary N) is 1. The Labute approximate surface area is 120 Å². The molecule has 19 heavy (non-hydrogen) atoms. The quantitative estimate of drug-likeness (QED) is 0.862. The summed E-state index contributed by atoms with van der Waals surface area (Å²) in [4.78, 5) is 4.50. The average molecular weight is 276 g/mol. The summed E-state index contributed by atoms with van der Waals surface area (Å²) in [6.45, 7) is 3.44. The van der Waals surface area contributed by atoms with E-state index >= 15 is 0 Å². The van der Waals surface area contributed by atoms with Crippen molar-refractivity contribution >= 4 is 11.3 Å². The Morgan fingerprint density at radius 3 is 2.79 bits per heavy atom. The van der Waals surface area contributed by atoms with Crippen molar-refractivity contribution in [3.05, 3.63) is 16.6 Å². The topological polar surface area (TPSA) is 24.9 Å². The van der Waals surface area contributed by atoms with Crippen molar-refractivity contribution in [2.45, 2.75) is 45.1 Å². The summed E-state index contributed by atoms with van der Waals surface area (Å²) in [6.07, 6.45) is 8.97. The lowest BCUT2D eigenvalue weighted by Crippen LogP contribution is -2.35. The maximum atomic E-state index is 4.50. The zero-order chi connectivity index (χ0) is 12.8. The number of hydrogen-bond donors (Lipinski definition) is 1. The van der Waals surface area contributed by atoms with Gasteiger partial charge in [0.05, 0.1) is 5.01 Å². The molecule has 0 amide bonds. The molecule has 104 valence electrons. The van der Waals surface area contributed by atoms with Gasteiger partial charge in [0.1, 0.15) is 0 Å². The summed E-state index contributed by atoms with van der Waals surface area (Å²) < 4.78 is 0. The number of hydrogen-bond acceptors (Lipinski definition) is 3. The number of fused-ring (bicyclic) bond motifs is 5. The monoisotopic (exact) mass is 276 g/mol. The molecule has 1 N–H and O–H groups in total. The second-order valence-corrected chi connectivity index (χ2v) is 7.73. The summed E-state index contributed by atoms with van der Waals surface area (Å²) in [7, 11) is 0. The highest BCUT2D eigenvalue weighted by Crippen LogP contribution is 2.70. The molecular formula is C16H24N2S. The minimum absolute atomic E-state index is 0.699. The second kappa shape index (κ2) is 4.85. The van der Waals surface area contributed by atoms with E-state index in [1.54, 1.807) is 6.42 Å². The molecule has 5 unspecified atom stereocenters. The molecule has 3 aliphatic carbocycles. The van der Waals surface area contributed by atoms with Crippen LogP contribution in [0.25, 0.3) is 0 Å². The van der Waals surface area contributed by atoms with Gasteiger partial charge >= 0.3 is 0 Å². The van der Waals surface area contributed by atoms with Crippen LogP contribution in [0.5, 0.6) is 0 Å². The van der Waals surface area contributed by atoms with Crippen molar-refractivity contribution in [1.29, 1.82) is 0 Å². The van der Waals surface area contributed by atoms with E-state index in [4.69, 9.17) is 0 Å². The summed E-state index contributed by atoms with van der Waals surface area (Å²) in [5.74, 6) is 5.30. The molecule has 1 heterocycles. The SMILES string of the molecule is CCCNC(Cc1nccs1)C1C2C3CCC(C3)C21. The summed E-state index contributed by atoms with van der Waals surface area (Å²) in [5.41, 5.74) is 0. The summed E-state index contributed by atoms with van der Waals surface area (Å²) in [6, 6.07) is 0.699. The Morgan fingerprint density at radius 1 is 1.37 bits per heavy atom. The lowest BCUT2D eigenvalue weighted by atomic mass is 9.95. The van der Waals surface area contributed by atoms with Gasteiger partial charge in [-0.3, -0.25) is 0 Å². The molecule has 0 aromatic carbocycles. The first-order chi connectivity index (χ1) is 9.38. The normalized spacial score (nSPS) is 40.4. The van der Waals surface area contributed by atoms with Crippen LogP contribution in [0.4, 0.5) is 0 Å². The van der Waals surface area contributed by atoms with Gasteiger partial charge in [-0.15, -0.1) is 11.3 Å². The molecular weight excluding hydrogens is 252 g/mol. The third kappa shape index (κ3) is 2.06. The molecule has 0 aliphatic heterocycles. The Hall–Kier alpha value is -0.410. The number of nitrogens with zero attached hydrogens (tertiary/aromatic N) is 1. The van der Waals surface area contributed by atoms with E-state index in [1.165, 1.54) is 30.8 Å². The Morgan fingerprint density at radius 2 is 2.16 bits per heavy atom. The van der Waals surface area contributed by atoms with E-state index in [1.807, 2.05) is 17.5 Å². The molecule has 0 spiro atoms. The fraction of sp³-hybridized carbons (Fsp3) is 0.812. The standard InChI is InChI=1S/C16H24N2S/c1-2-5-17-12(9-13-18-6-7-19-13)16-14-10-3-4-11(8-10)15(14)16/h6-7,10-12,14-17H,2-5,8-9H2,1H3. The van der Waals surface area contributed by atoms with Gasteiger partial charge in [-0.25, -0.2) is 4.98 Å². The smallest absolute Gasteiger partial charge is 0.0940 e. The Balaban J connectivity index is 1.45. The van der Waals surface area contributed by atoms with Crippen LogP contribution < -0.4 is 5.32 Å². The Kier molecular flexibility index (Phi) is 3.15. The first-order valence-corrected chi connectivity index (χ1v) is 8.88. The first-order valence-electron chi connectivity index (χ1n) is 8.00. The van der Waals surface area contributed by atoms with Crippen LogP contribution in [0.1, 0.15) is 37.6 Å². The molecule has 2 nitrogen and oxygen atoms in total. The molecule has 4 rings (SSSR count). The average Bonchev–Trinajstić information content (AvgIpc) is 2.83. The van der Waals surface area contributed by atoms with E-state index in [0.29, 0.717) is 6.04 Å². The highest BCUT2D eigenvalue weighted by atomic mass is 32.1. The van der Waals surface area contributed by atoms with Crippen LogP contribution in [-0.4, -0.2) is 17.6 Å². The molecule has 3 heteroatoms. The maximum absolute atomic E-state index is 4.50. The summed E-state index contributed by atoms with van der Waals surface area (Å²) in [5, 5.41) is 7.27. The zero-order valence-electron chi connectivity index (χ0n) is 11.7.